The Hall–Kier alpha value is -2.10. The highest BCUT2D eigenvalue weighted by molar-refractivity contribution is 5.79. The third kappa shape index (κ3) is 5.44. The van der Waals surface area contributed by atoms with Crippen molar-refractivity contribution in [1.82, 2.24) is 15.1 Å². The second kappa shape index (κ2) is 9.20. The lowest BCUT2D eigenvalue weighted by Crippen LogP contribution is -2.33. The van der Waals surface area contributed by atoms with E-state index in [1.807, 2.05) is 11.6 Å². The van der Waals surface area contributed by atoms with Crippen LogP contribution in [0.3, 0.4) is 0 Å². The topological polar surface area (TPSA) is 46.9 Å². The number of hydrogen-bond donors (Lipinski definition) is 1. The molecule has 1 atom stereocenters. The summed E-state index contributed by atoms with van der Waals surface area (Å²) in [6, 6.07) is 8.61. The van der Waals surface area contributed by atoms with Crippen LogP contribution in [-0.4, -0.2) is 15.7 Å². The molecule has 1 unspecified atom stereocenters. The molecular formula is C23H35N3O. The highest BCUT2D eigenvalue weighted by Gasteiger charge is 2.21. The second-order valence-electron chi connectivity index (χ2n) is 8.29. The van der Waals surface area contributed by atoms with Crippen molar-refractivity contribution in [3.8, 4) is 0 Å². The number of carbonyl (C=O) groups is 1. The summed E-state index contributed by atoms with van der Waals surface area (Å²) in [6.07, 6.45) is 1.41. The van der Waals surface area contributed by atoms with Crippen molar-refractivity contribution in [3.05, 3.63) is 52.3 Å². The first-order valence-electron chi connectivity index (χ1n) is 10.1. The molecule has 0 spiro atoms. The van der Waals surface area contributed by atoms with Crippen LogP contribution in [0.2, 0.25) is 0 Å². The fourth-order valence-corrected chi connectivity index (χ4v) is 3.49. The van der Waals surface area contributed by atoms with E-state index in [-0.39, 0.29) is 11.9 Å². The number of aryl methyl sites for hydroxylation is 2. The van der Waals surface area contributed by atoms with E-state index < -0.39 is 0 Å². The minimum atomic E-state index is 0.0229. The first-order valence-corrected chi connectivity index (χ1v) is 10.1. The molecule has 2 rings (SSSR count). The lowest BCUT2D eigenvalue weighted by Gasteiger charge is -2.23. The predicted molar refractivity (Wildman–Crippen MR) is 112 cm³/mol. The van der Waals surface area contributed by atoms with E-state index in [4.69, 9.17) is 0 Å². The molecule has 4 nitrogen and oxygen atoms in total. The number of amides is 1. The normalized spacial score (nSPS) is 12.6. The van der Waals surface area contributed by atoms with Gasteiger partial charge in [0.2, 0.25) is 5.91 Å². The zero-order chi connectivity index (χ0) is 20.1. The predicted octanol–water partition coefficient (Wildman–Crippen LogP) is 4.77. The first-order chi connectivity index (χ1) is 12.7. The van der Waals surface area contributed by atoms with Gasteiger partial charge in [-0.05, 0) is 43.2 Å². The molecule has 1 N–H and O–H groups in total. The molecule has 27 heavy (non-hydrogen) atoms. The Labute approximate surface area is 164 Å². The van der Waals surface area contributed by atoms with Gasteiger partial charge in [-0.3, -0.25) is 9.48 Å². The van der Waals surface area contributed by atoms with E-state index in [0.29, 0.717) is 18.3 Å². The molecule has 0 radical (unpaired) electrons. The average Bonchev–Trinajstić information content (AvgIpc) is 2.86. The molecule has 1 heterocycles. The monoisotopic (exact) mass is 369 g/mol. The van der Waals surface area contributed by atoms with Gasteiger partial charge in [0.15, 0.2) is 0 Å². The number of rotatable bonds is 8. The third-order valence-electron chi connectivity index (χ3n) is 5.14. The summed E-state index contributed by atoms with van der Waals surface area (Å²) in [7, 11) is 0. The van der Waals surface area contributed by atoms with Gasteiger partial charge in [-0.1, -0.05) is 58.9 Å². The minimum Gasteiger partial charge on any atom is -0.349 e. The number of aromatic nitrogens is 2. The first kappa shape index (κ1) is 21.2. The summed E-state index contributed by atoms with van der Waals surface area (Å²) >= 11 is 0. The van der Waals surface area contributed by atoms with E-state index >= 15 is 0 Å². The van der Waals surface area contributed by atoms with Gasteiger partial charge in [0.1, 0.15) is 0 Å². The van der Waals surface area contributed by atoms with Crippen LogP contribution in [0.4, 0.5) is 0 Å². The van der Waals surface area contributed by atoms with Crippen molar-refractivity contribution < 1.29 is 4.79 Å². The van der Waals surface area contributed by atoms with E-state index in [1.54, 1.807) is 0 Å². The van der Waals surface area contributed by atoms with Crippen LogP contribution in [0.25, 0.3) is 0 Å². The van der Waals surface area contributed by atoms with E-state index in [0.717, 1.165) is 29.9 Å². The Morgan fingerprint density at radius 2 is 1.74 bits per heavy atom. The third-order valence-corrected chi connectivity index (χ3v) is 5.14. The Kier molecular flexibility index (Phi) is 7.23. The maximum atomic E-state index is 12.8. The molecule has 0 fully saturated rings. The molecule has 4 heteroatoms. The molecule has 0 aliphatic carbocycles. The van der Waals surface area contributed by atoms with Crippen molar-refractivity contribution in [1.29, 1.82) is 0 Å². The maximum Gasteiger partial charge on any atom is 0.225 e. The van der Waals surface area contributed by atoms with Crippen LogP contribution in [0.5, 0.6) is 0 Å². The summed E-state index contributed by atoms with van der Waals surface area (Å²) in [4.78, 5) is 12.8. The smallest absolute Gasteiger partial charge is 0.225 e. The quantitative estimate of drug-likeness (QED) is 0.728. The molecule has 148 valence electrons. The average molecular weight is 370 g/mol. The van der Waals surface area contributed by atoms with Crippen molar-refractivity contribution in [2.75, 3.05) is 0 Å². The lowest BCUT2D eigenvalue weighted by atomic mass is 9.94. The van der Waals surface area contributed by atoms with Gasteiger partial charge in [-0.2, -0.15) is 5.10 Å². The zero-order valence-corrected chi connectivity index (χ0v) is 18.0. The molecule has 0 bridgehead atoms. The number of nitrogens with one attached hydrogen (secondary N) is 1. The highest BCUT2D eigenvalue weighted by atomic mass is 16.1. The van der Waals surface area contributed by atoms with Crippen LogP contribution in [0.15, 0.2) is 24.3 Å². The van der Waals surface area contributed by atoms with Gasteiger partial charge in [0.25, 0.3) is 0 Å². The SMILES string of the molecule is CCc1ccc(C(NC(=O)Cc2c(C)nn(CC(C)C)c2C)C(C)C)cc1. The second-order valence-corrected chi connectivity index (χ2v) is 8.29. The molecule has 0 aliphatic heterocycles. The van der Waals surface area contributed by atoms with Gasteiger partial charge < -0.3 is 5.32 Å². The molecule has 1 aromatic carbocycles. The molecule has 0 saturated carbocycles. The summed E-state index contributed by atoms with van der Waals surface area (Å²) in [5.41, 5.74) is 5.59. The molecule has 0 aliphatic rings. The molecule has 0 saturated heterocycles. The maximum absolute atomic E-state index is 12.8. The van der Waals surface area contributed by atoms with Crippen molar-refractivity contribution in [2.24, 2.45) is 11.8 Å². The molecule has 1 aromatic heterocycles. The van der Waals surface area contributed by atoms with Gasteiger partial charge in [0, 0.05) is 17.8 Å². The number of nitrogens with zero attached hydrogens (tertiary/aromatic N) is 2. The van der Waals surface area contributed by atoms with E-state index in [1.165, 1.54) is 11.1 Å². The Balaban J connectivity index is 2.13. The van der Waals surface area contributed by atoms with Crippen LogP contribution in [-0.2, 0) is 24.2 Å². The molecule has 2 aromatic rings. The zero-order valence-electron chi connectivity index (χ0n) is 18.0. The highest BCUT2D eigenvalue weighted by Crippen LogP contribution is 2.23. The number of hydrogen-bond acceptors (Lipinski definition) is 2. The van der Waals surface area contributed by atoms with E-state index in [2.05, 4.69) is 76.2 Å². The van der Waals surface area contributed by atoms with Crippen molar-refractivity contribution in [3.63, 3.8) is 0 Å². The molecule has 1 amide bonds. The Morgan fingerprint density at radius 1 is 1.11 bits per heavy atom. The summed E-state index contributed by atoms with van der Waals surface area (Å²) in [5.74, 6) is 0.914. The minimum absolute atomic E-state index is 0.0229. The fraction of sp³-hybridized carbons (Fsp3) is 0.565. The lowest BCUT2D eigenvalue weighted by molar-refractivity contribution is -0.121. The number of carbonyl (C=O) groups excluding carboxylic acids is 1. The Morgan fingerprint density at radius 3 is 2.26 bits per heavy atom. The summed E-state index contributed by atoms with van der Waals surface area (Å²) < 4.78 is 2.03. The van der Waals surface area contributed by atoms with Crippen molar-refractivity contribution in [2.45, 2.75) is 73.9 Å². The Bertz CT molecular complexity index is 757. The van der Waals surface area contributed by atoms with Crippen molar-refractivity contribution >= 4 is 5.91 Å². The van der Waals surface area contributed by atoms with E-state index in [9.17, 15) is 4.79 Å². The largest absolute Gasteiger partial charge is 0.349 e. The van der Waals surface area contributed by atoms with Crippen LogP contribution in [0, 0.1) is 25.7 Å². The fourth-order valence-electron chi connectivity index (χ4n) is 3.49. The van der Waals surface area contributed by atoms with Gasteiger partial charge in [-0.25, -0.2) is 0 Å². The summed E-state index contributed by atoms with van der Waals surface area (Å²) in [5, 5.41) is 7.88. The van der Waals surface area contributed by atoms with Crippen LogP contribution < -0.4 is 5.32 Å². The molecular weight excluding hydrogens is 334 g/mol. The van der Waals surface area contributed by atoms with Crippen LogP contribution in [0.1, 0.15) is 68.7 Å². The van der Waals surface area contributed by atoms with Gasteiger partial charge in [0.05, 0.1) is 18.2 Å². The number of benzene rings is 1. The van der Waals surface area contributed by atoms with Gasteiger partial charge in [-0.15, -0.1) is 0 Å². The van der Waals surface area contributed by atoms with Crippen LogP contribution >= 0.6 is 0 Å². The standard InChI is InChI=1S/C23H35N3O/c1-8-19-9-11-20(12-10-19)23(16(4)5)24-22(27)13-21-17(6)25-26(18(21)7)14-15(2)3/h9-12,15-16,23H,8,13-14H2,1-7H3,(H,24,27). The van der Waals surface area contributed by atoms with Gasteiger partial charge >= 0.3 is 0 Å². The summed E-state index contributed by atoms with van der Waals surface area (Å²) in [6.45, 7) is 15.8.